The predicted octanol–water partition coefficient (Wildman–Crippen LogP) is -0.0570. The van der Waals surface area contributed by atoms with E-state index >= 15 is 0 Å². The fourth-order valence-corrected chi connectivity index (χ4v) is 4.16. The maximum absolute atomic E-state index is 12.5. The van der Waals surface area contributed by atoms with E-state index in [-0.39, 0.29) is 48.6 Å². The second-order valence-corrected chi connectivity index (χ2v) is 9.78. The number of anilines is 1. The lowest BCUT2D eigenvalue weighted by Gasteiger charge is -2.16. The molecule has 2 aliphatic rings. The summed E-state index contributed by atoms with van der Waals surface area (Å²) in [5, 5.41) is 23.8. The number of fused-ring (bicyclic) bond motifs is 1. The topological polar surface area (TPSA) is 187 Å². The van der Waals surface area contributed by atoms with Crippen LogP contribution in [0.5, 0.6) is 0 Å². The van der Waals surface area contributed by atoms with Gasteiger partial charge in [-0.2, -0.15) is 0 Å². The van der Waals surface area contributed by atoms with Crippen LogP contribution in [0.2, 0.25) is 0 Å². The minimum absolute atomic E-state index is 0.0265. The van der Waals surface area contributed by atoms with Gasteiger partial charge in [0.05, 0.1) is 26.1 Å². The van der Waals surface area contributed by atoms with Gasteiger partial charge in [0.1, 0.15) is 24.3 Å². The third-order valence-corrected chi connectivity index (χ3v) is 6.54. The van der Waals surface area contributed by atoms with Crippen molar-refractivity contribution in [2.24, 2.45) is 0 Å². The van der Waals surface area contributed by atoms with Crippen molar-refractivity contribution < 1.29 is 34.0 Å². The number of carbonyl (C=O) groups is 2. The Hall–Kier alpha value is -4.29. The quantitative estimate of drug-likeness (QED) is 0.201. The van der Waals surface area contributed by atoms with Gasteiger partial charge < -0.3 is 40.4 Å². The average molecular weight is 566 g/mol. The number of aliphatic hydroxyl groups is 2. The SMILES string of the molecule is CN(CC#Cc1nc(N)c2ncn(C3OC(C(=O)NC4CC4)C(O)C3O)c2n1)C(=O)OCCOCc1ccccc1. The van der Waals surface area contributed by atoms with Gasteiger partial charge in [-0.25, -0.2) is 19.7 Å². The number of carbonyl (C=O) groups excluding carboxylic acids is 2. The second kappa shape index (κ2) is 12.5. The maximum atomic E-state index is 12.5. The van der Waals surface area contributed by atoms with E-state index in [0.29, 0.717) is 6.61 Å². The lowest BCUT2D eigenvalue weighted by Crippen LogP contribution is -2.43. The second-order valence-electron chi connectivity index (χ2n) is 9.78. The highest BCUT2D eigenvalue weighted by atomic mass is 16.6. The first-order chi connectivity index (χ1) is 19.8. The largest absolute Gasteiger partial charge is 0.447 e. The van der Waals surface area contributed by atoms with Crippen molar-refractivity contribution >= 4 is 29.0 Å². The molecule has 1 aliphatic carbocycles. The molecule has 2 amide bonds. The molecule has 3 heterocycles. The first-order valence-corrected chi connectivity index (χ1v) is 13.1. The lowest BCUT2D eigenvalue weighted by atomic mass is 10.1. The molecule has 3 aromatic rings. The first kappa shape index (κ1) is 28.2. The van der Waals surface area contributed by atoms with Crippen LogP contribution in [0.25, 0.3) is 11.2 Å². The highest BCUT2D eigenvalue weighted by Gasteiger charge is 2.48. The maximum Gasteiger partial charge on any atom is 0.410 e. The Bertz CT molecular complexity index is 1450. The van der Waals surface area contributed by atoms with Crippen molar-refractivity contribution in [1.29, 1.82) is 0 Å². The monoisotopic (exact) mass is 565 g/mol. The van der Waals surface area contributed by atoms with Gasteiger partial charge in [-0.1, -0.05) is 36.3 Å². The number of aliphatic hydroxyl groups excluding tert-OH is 2. The molecule has 2 fully saturated rings. The third kappa shape index (κ3) is 6.72. The standard InChI is InChI=1S/C27H31N7O7/c1-33(27(38)40-13-12-39-14-16-6-3-2-4-7-16)11-5-8-18-31-23(28)19-24(32-18)34(15-29-19)26-21(36)20(35)22(41-26)25(37)30-17-9-10-17/h2-4,6-7,15,17,20-22,26,35-36H,9-14H2,1H3,(H,30,37)(H2,28,31,32). The number of nitrogens with two attached hydrogens (primary N) is 1. The first-order valence-electron chi connectivity index (χ1n) is 13.1. The van der Waals surface area contributed by atoms with E-state index < -0.39 is 36.5 Å². The molecule has 0 bridgehead atoms. The van der Waals surface area contributed by atoms with Crippen LogP contribution in [0.1, 0.15) is 30.5 Å². The lowest BCUT2D eigenvalue weighted by molar-refractivity contribution is -0.137. The zero-order valence-corrected chi connectivity index (χ0v) is 22.3. The molecule has 0 radical (unpaired) electrons. The number of aromatic nitrogens is 4. The number of amides is 2. The van der Waals surface area contributed by atoms with Crippen molar-refractivity contribution in [3.8, 4) is 11.8 Å². The van der Waals surface area contributed by atoms with Gasteiger partial charge in [-0.05, 0) is 24.3 Å². The Morgan fingerprint density at radius 1 is 1.20 bits per heavy atom. The Labute approximate surface area is 235 Å². The summed E-state index contributed by atoms with van der Waals surface area (Å²) in [7, 11) is 1.54. The Balaban J connectivity index is 1.17. The zero-order valence-electron chi connectivity index (χ0n) is 22.3. The number of benzene rings is 1. The molecule has 4 unspecified atom stereocenters. The van der Waals surface area contributed by atoms with Crippen molar-refractivity contribution in [2.75, 3.05) is 32.5 Å². The number of hydrogen-bond acceptors (Lipinski definition) is 11. The molecular weight excluding hydrogens is 534 g/mol. The van der Waals surface area contributed by atoms with Gasteiger partial charge in [0, 0.05) is 13.1 Å². The van der Waals surface area contributed by atoms with Crippen LogP contribution in [0, 0.1) is 11.8 Å². The van der Waals surface area contributed by atoms with E-state index in [1.54, 1.807) is 0 Å². The smallest absolute Gasteiger partial charge is 0.410 e. The Morgan fingerprint density at radius 3 is 2.73 bits per heavy atom. The minimum atomic E-state index is -1.44. The summed E-state index contributed by atoms with van der Waals surface area (Å²) in [6.07, 6.45) is -2.75. The molecule has 0 spiro atoms. The van der Waals surface area contributed by atoms with Gasteiger partial charge in [-0.3, -0.25) is 9.36 Å². The molecule has 5 rings (SSSR count). The Morgan fingerprint density at radius 2 is 1.98 bits per heavy atom. The fraction of sp³-hybridized carbons (Fsp3) is 0.444. The van der Waals surface area contributed by atoms with Crippen LogP contribution in [-0.2, 0) is 25.6 Å². The highest BCUT2D eigenvalue weighted by Crippen LogP contribution is 2.33. The molecular formula is C27H31N7O7. The van der Waals surface area contributed by atoms with Crippen LogP contribution in [0.4, 0.5) is 10.6 Å². The molecule has 14 nitrogen and oxygen atoms in total. The van der Waals surface area contributed by atoms with Crippen LogP contribution in [-0.4, -0.2) is 97.8 Å². The van der Waals surface area contributed by atoms with E-state index in [1.165, 1.54) is 22.8 Å². The summed E-state index contributed by atoms with van der Waals surface area (Å²) in [6, 6.07) is 9.74. The van der Waals surface area contributed by atoms with Gasteiger partial charge in [0.25, 0.3) is 5.91 Å². The van der Waals surface area contributed by atoms with Crippen LogP contribution >= 0.6 is 0 Å². The van der Waals surface area contributed by atoms with Gasteiger partial charge >= 0.3 is 6.09 Å². The number of ether oxygens (including phenoxy) is 3. The highest BCUT2D eigenvalue weighted by molar-refractivity contribution is 5.83. The number of imidazole rings is 1. The normalized spacial score (nSPS) is 21.7. The van der Waals surface area contributed by atoms with E-state index in [0.717, 1.165) is 18.4 Å². The number of nitrogens with zero attached hydrogens (tertiary/aromatic N) is 5. The number of nitrogen functional groups attached to an aromatic ring is 1. The molecule has 1 aromatic carbocycles. The van der Waals surface area contributed by atoms with E-state index in [4.69, 9.17) is 19.9 Å². The van der Waals surface area contributed by atoms with Crippen molar-refractivity contribution in [3.63, 3.8) is 0 Å². The summed E-state index contributed by atoms with van der Waals surface area (Å²) < 4.78 is 17.8. The summed E-state index contributed by atoms with van der Waals surface area (Å²) in [4.78, 5) is 38.7. The van der Waals surface area contributed by atoms with Crippen molar-refractivity contribution in [2.45, 2.75) is 50.0 Å². The van der Waals surface area contributed by atoms with Crippen LogP contribution < -0.4 is 11.1 Å². The summed E-state index contributed by atoms with van der Waals surface area (Å²) in [6.45, 7) is 0.799. The predicted molar refractivity (Wildman–Crippen MR) is 144 cm³/mol. The van der Waals surface area contributed by atoms with Crippen LogP contribution in [0.15, 0.2) is 36.7 Å². The fourth-order valence-electron chi connectivity index (χ4n) is 4.16. The molecule has 216 valence electrons. The molecule has 1 saturated carbocycles. The summed E-state index contributed by atoms with van der Waals surface area (Å²) in [5.74, 6) is 5.15. The molecule has 41 heavy (non-hydrogen) atoms. The third-order valence-electron chi connectivity index (χ3n) is 6.54. The molecule has 4 atom stereocenters. The van der Waals surface area contributed by atoms with E-state index in [2.05, 4.69) is 32.1 Å². The summed E-state index contributed by atoms with van der Waals surface area (Å²) >= 11 is 0. The van der Waals surface area contributed by atoms with Gasteiger partial charge in [0.2, 0.25) is 5.82 Å². The molecule has 1 aliphatic heterocycles. The number of rotatable bonds is 9. The van der Waals surface area contributed by atoms with Crippen LogP contribution in [0.3, 0.4) is 0 Å². The van der Waals surface area contributed by atoms with Crippen molar-refractivity contribution in [3.05, 3.63) is 48.0 Å². The van der Waals surface area contributed by atoms with E-state index in [1.807, 2.05) is 30.3 Å². The zero-order chi connectivity index (χ0) is 28.9. The van der Waals surface area contributed by atoms with Crippen molar-refractivity contribution in [1.82, 2.24) is 29.7 Å². The van der Waals surface area contributed by atoms with E-state index in [9.17, 15) is 19.8 Å². The number of nitrogens with one attached hydrogen (secondary N) is 1. The van der Waals surface area contributed by atoms with Gasteiger partial charge in [-0.15, -0.1) is 0 Å². The molecule has 2 aromatic heterocycles. The Kier molecular flexibility index (Phi) is 8.60. The van der Waals surface area contributed by atoms with Gasteiger partial charge in [0.15, 0.2) is 23.8 Å². The number of hydrogen-bond donors (Lipinski definition) is 4. The minimum Gasteiger partial charge on any atom is -0.447 e. The molecule has 1 saturated heterocycles. The molecule has 14 heteroatoms. The summed E-state index contributed by atoms with van der Waals surface area (Å²) in [5.41, 5.74) is 7.52. The molecule has 5 N–H and O–H groups in total. The average Bonchev–Trinajstić information content (AvgIpc) is 3.60.